The molecule has 26 nitrogen and oxygen atoms in total. The van der Waals surface area contributed by atoms with Crippen LogP contribution < -0.4 is 37.6 Å². The van der Waals surface area contributed by atoms with E-state index in [-0.39, 0.29) is 63.1 Å². The molecule has 0 spiro atoms. The number of ether oxygens (including phenoxy) is 2. The number of primary amides is 1. The fraction of sp³-hybridized carbons (Fsp3) is 0.647. The molecule has 0 aliphatic carbocycles. The van der Waals surface area contributed by atoms with Crippen LogP contribution >= 0.6 is 0 Å². The third kappa shape index (κ3) is 23.1. The number of aliphatic hydroxyl groups is 1. The molecule has 0 aromatic heterocycles. The number of nitrogens with two attached hydrogens (primary N) is 1. The van der Waals surface area contributed by atoms with Crippen molar-refractivity contribution in [1.82, 2.24) is 46.2 Å². The molecule has 2 saturated heterocycles. The molecule has 12 amide bonds. The predicted molar refractivity (Wildman–Crippen MR) is 353 cm³/mol. The first-order valence-electron chi connectivity index (χ1n) is 33.2. The summed E-state index contributed by atoms with van der Waals surface area (Å²) in [5, 5.41) is 27.4. The average Bonchev–Trinajstić information content (AvgIpc) is 1.78. The molecule has 95 heavy (non-hydrogen) atoms. The molecule has 2 aliphatic heterocycles. The van der Waals surface area contributed by atoms with Crippen molar-refractivity contribution in [2.75, 3.05) is 46.2 Å². The first-order chi connectivity index (χ1) is 44.9. The summed E-state index contributed by atoms with van der Waals surface area (Å²) in [5.41, 5.74) is 6.69. The Morgan fingerprint density at radius 2 is 1.43 bits per heavy atom. The van der Waals surface area contributed by atoms with Crippen molar-refractivity contribution in [2.45, 2.75) is 207 Å². The normalized spacial score (nSPS) is 18.3. The zero-order valence-corrected chi connectivity index (χ0v) is 57.5. The van der Waals surface area contributed by atoms with Crippen molar-refractivity contribution in [2.24, 2.45) is 41.2 Å². The molecule has 4 rings (SSSR count). The Labute approximate surface area is 558 Å². The van der Waals surface area contributed by atoms with Crippen LogP contribution in [-0.4, -0.2) is 192 Å². The van der Waals surface area contributed by atoms with Crippen LogP contribution in [0.15, 0.2) is 54.6 Å². The number of nitrogens with zero attached hydrogens (tertiary/aromatic N) is 4. The third-order valence-corrected chi connectivity index (χ3v) is 18.0. The number of urea groups is 1. The summed E-state index contributed by atoms with van der Waals surface area (Å²) in [4.78, 5) is 165. The number of likely N-dealkylation sites (N-methyl/N-ethyl adjacent to an activating group) is 2. The molecule has 0 saturated carbocycles. The number of hydrogen-bond donors (Lipinski definition) is 8. The van der Waals surface area contributed by atoms with Crippen LogP contribution in [0.25, 0.3) is 0 Å². The number of benzene rings is 2. The minimum absolute atomic E-state index is 0.0192. The number of likely N-dealkylation sites (tertiary alicyclic amines) is 2. The second-order valence-electron chi connectivity index (χ2n) is 26.2. The lowest BCUT2D eigenvalue weighted by Crippen LogP contribution is -2.59. The van der Waals surface area contributed by atoms with Gasteiger partial charge in [-0.25, -0.2) is 14.0 Å². The monoisotopic (exact) mass is 1330 g/mol. The maximum atomic E-state index is 14.8. The van der Waals surface area contributed by atoms with Crippen molar-refractivity contribution in [3.63, 3.8) is 0 Å². The van der Waals surface area contributed by atoms with Crippen LogP contribution in [0, 0.1) is 35.5 Å². The maximum Gasteiger partial charge on any atom is 0.410 e. The molecule has 2 aromatic carbocycles. The Hall–Kier alpha value is -8.07. The summed E-state index contributed by atoms with van der Waals surface area (Å²) in [6, 6.07) is 8.12. The Balaban J connectivity index is 1.37. The van der Waals surface area contributed by atoms with E-state index in [4.69, 9.17) is 15.2 Å². The number of amides is 12. The van der Waals surface area contributed by atoms with Crippen LogP contribution in [0.5, 0.6) is 0 Å². The number of imide groups is 1. The van der Waals surface area contributed by atoms with E-state index in [2.05, 4.69) is 31.9 Å². The quantitative estimate of drug-likeness (QED) is 0.0248. The maximum absolute atomic E-state index is 14.8. The number of aldehydes is 1. The van der Waals surface area contributed by atoms with Gasteiger partial charge in [0.05, 0.1) is 36.6 Å². The number of carbonyl (C=O) groups excluding carboxylic acids is 12. The van der Waals surface area contributed by atoms with Gasteiger partial charge in [0.15, 0.2) is 6.17 Å². The lowest BCUT2D eigenvalue weighted by molar-refractivity contribution is -0.145. The topological polar surface area (TPSA) is 355 Å². The number of aliphatic hydroxyl groups excluding tert-OH is 1. The van der Waals surface area contributed by atoms with Gasteiger partial charge in [-0.3, -0.25) is 53.0 Å². The smallest absolute Gasteiger partial charge is 0.410 e. The van der Waals surface area contributed by atoms with Crippen molar-refractivity contribution >= 4 is 77.3 Å². The lowest BCUT2D eigenvalue weighted by atomic mass is 9.84. The summed E-state index contributed by atoms with van der Waals surface area (Å²) >= 11 is 0. The molecule has 9 N–H and O–H groups in total. The highest BCUT2D eigenvalue weighted by Gasteiger charge is 2.44. The van der Waals surface area contributed by atoms with E-state index in [1.54, 1.807) is 116 Å². The van der Waals surface area contributed by atoms with Gasteiger partial charge in [-0.1, -0.05) is 118 Å². The van der Waals surface area contributed by atoms with Gasteiger partial charge < -0.3 is 66.8 Å². The minimum atomic E-state index is -1.83. The highest BCUT2D eigenvalue weighted by Crippen LogP contribution is 2.31. The fourth-order valence-corrected chi connectivity index (χ4v) is 12.3. The molecule has 2 fully saturated rings. The van der Waals surface area contributed by atoms with E-state index in [1.807, 2.05) is 19.9 Å². The number of rotatable bonds is 38. The van der Waals surface area contributed by atoms with Gasteiger partial charge >= 0.3 is 12.1 Å². The molecule has 528 valence electrons. The first kappa shape index (κ1) is 79.4. The molecule has 0 radical (unpaired) electrons. The van der Waals surface area contributed by atoms with E-state index in [0.29, 0.717) is 68.2 Å². The Kier molecular flexibility index (Phi) is 32.1. The summed E-state index contributed by atoms with van der Waals surface area (Å²) in [7, 11) is 4.43. The largest absolute Gasteiger partial charge is 0.445 e. The van der Waals surface area contributed by atoms with Gasteiger partial charge in [0.1, 0.15) is 37.1 Å². The van der Waals surface area contributed by atoms with Gasteiger partial charge in [-0.15, -0.1) is 0 Å². The zero-order valence-electron chi connectivity index (χ0n) is 57.5. The van der Waals surface area contributed by atoms with Crippen LogP contribution in [0.1, 0.15) is 157 Å². The second kappa shape index (κ2) is 38.5. The lowest BCUT2D eigenvalue weighted by Gasteiger charge is -2.40. The number of methoxy groups -OCH3 is 1. The van der Waals surface area contributed by atoms with Gasteiger partial charge in [-0.05, 0) is 92.4 Å². The van der Waals surface area contributed by atoms with Gasteiger partial charge in [0.2, 0.25) is 47.3 Å². The highest BCUT2D eigenvalue weighted by atomic mass is 19.1. The Morgan fingerprint density at radius 1 is 0.779 bits per heavy atom. The fourth-order valence-electron chi connectivity index (χ4n) is 12.3. The van der Waals surface area contributed by atoms with E-state index in [1.165, 1.54) is 19.1 Å². The number of hydrogen-bond acceptors (Lipinski definition) is 15. The molecule has 2 unspecified atom stereocenters. The standard InChI is InChI=1S/C68H104FN11O15/c1-14-42(8)58(47(37-81)35-53(83)79-34-22-26-51(79)60(94-13)43(9)61(86)72-44(10)59(85)46-23-17-15-18-24-46)77(11)66(91)56(40(4)5)76-64(89)57(41(6)7)78(12)68(93)95-38-45-28-30-48(31-29-45)73-62(87)50(25-21-32-71-67(70)92)74-63(88)55(39(2)3)75-52(82)27-19-16-20-33-80-54(84)36-49(69)65(80)90/h15,17-18,23-24,28-31,37,39-44,47,49-51,55-60,85H,14,16,19-22,25-27,32-36,38H2,1-13H3,(H,72,86)(H,73,87)(H,74,88)(H,75,82)(H,76,89)(H3,70,71,92)/t42-,43+,44+,47-,49?,50-,51-,55-,56-,57?,58-,59+,60+/m0/s1. The van der Waals surface area contributed by atoms with Crippen molar-refractivity contribution in [3.05, 3.63) is 65.7 Å². The van der Waals surface area contributed by atoms with Crippen molar-refractivity contribution in [1.29, 1.82) is 0 Å². The molecular formula is C68H104FN11O15. The van der Waals surface area contributed by atoms with Crippen molar-refractivity contribution < 1.29 is 76.5 Å². The average molecular weight is 1330 g/mol. The van der Waals surface area contributed by atoms with Crippen molar-refractivity contribution in [3.8, 4) is 0 Å². The van der Waals surface area contributed by atoms with E-state index >= 15 is 0 Å². The first-order valence-corrected chi connectivity index (χ1v) is 33.2. The van der Waals surface area contributed by atoms with Gasteiger partial charge in [0, 0.05) is 71.3 Å². The number of carbonyl (C=O) groups is 12. The molecular weight excluding hydrogens is 1230 g/mol. The third-order valence-electron chi connectivity index (χ3n) is 18.0. The van der Waals surface area contributed by atoms with Crippen LogP contribution in [-0.2, 0) is 64.0 Å². The van der Waals surface area contributed by atoms with E-state index < -0.39 is 150 Å². The second-order valence-corrected chi connectivity index (χ2v) is 26.2. The highest BCUT2D eigenvalue weighted by molar-refractivity contribution is 6.05. The number of nitrogens with one attached hydrogen (secondary N) is 6. The summed E-state index contributed by atoms with van der Waals surface area (Å²) < 4.78 is 25.2. The minimum Gasteiger partial charge on any atom is -0.445 e. The number of unbranched alkanes of at least 4 members (excludes halogenated alkanes) is 2. The van der Waals surface area contributed by atoms with Gasteiger partial charge in [0.25, 0.3) is 5.91 Å². The van der Waals surface area contributed by atoms with Crippen LogP contribution in [0.3, 0.4) is 0 Å². The Morgan fingerprint density at radius 3 is 2.00 bits per heavy atom. The van der Waals surface area contributed by atoms with Crippen LogP contribution in [0.4, 0.5) is 19.7 Å². The molecule has 2 aromatic rings. The molecule has 13 atom stereocenters. The molecule has 27 heteroatoms. The molecule has 0 bridgehead atoms. The van der Waals surface area contributed by atoms with Gasteiger partial charge in [-0.2, -0.15) is 0 Å². The SMILES string of the molecule is CC[C@H](C)[C@@H]([C@H](C=O)CC(=O)N1CCC[C@H]1[C@H](OC)[C@@H](C)C(=O)N[C@H](C)[C@@H](O)c1ccccc1)N(C)C(=O)[C@@H](NC(=O)C(C(C)C)N(C)C(=O)OCc1ccc(NC(=O)[C@H](CCCNC(N)=O)NC(=O)[C@@H](NC(=O)CCCCCN2C(=O)CC(F)C2=O)C(C)C)cc1)C(C)C. The number of halogens is 1. The summed E-state index contributed by atoms with van der Waals surface area (Å²) in [6.45, 7) is 17.9. The molecule has 2 heterocycles. The van der Waals surface area contributed by atoms with Crippen LogP contribution in [0.2, 0.25) is 0 Å². The van der Waals surface area contributed by atoms with E-state index in [9.17, 15) is 67.0 Å². The zero-order chi connectivity index (χ0) is 71.0. The summed E-state index contributed by atoms with van der Waals surface area (Å²) in [5.74, 6) is -8.34. The van der Waals surface area contributed by atoms with E-state index in [0.717, 1.165) is 9.80 Å². The number of alkyl halides is 1. The Bertz CT molecular complexity index is 2920. The summed E-state index contributed by atoms with van der Waals surface area (Å²) in [6.07, 6.45) is -1.20. The number of anilines is 1. The molecule has 2 aliphatic rings. The predicted octanol–water partition coefficient (Wildman–Crippen LogP) is 5.05.